The lowest BCUT2D eigenvalue weighted by Gasteiger charge is -2.05. The Hall–Kier alpha value is -1.74. The van der Waals surface area contributed by atoms with Gasteiger partial charge in [-0.15, -0.1) is 12.3 Å². The van der Waals surface area contributed by atoms with Gasteiger partial charge in [-0.2, -0.15) is 0 Å². The summed E-state index contributed by atoms with van der Waals surface area (Å²) in [5.74, 6) is 1.35. The van der Waals surface area contributed by atoms with Crippen LogP contribution >= 0.6 is 0 Å². The van der Waals surface area contributed by atoms with Gasteiger partial charge >= 0.3 is 12.0 Å². The van der Waals surface area contributed by atoms with Crippen LogP contribution in [0.2, 0.25) is 0 Å². The SMILES string of the molecule is C#CCCNC(=O)NCCOCC(=O)O. The van der Waals surface area contributed by atoms with Gasteiger partial charge in [0, 0.05) is 19.5 Å². The van der Waals surface area contributed by atoms with E-state index in [1.165, 1.54) is 0 Å². The van der Waals surface area contributed by atoms with E-state index in [0.717, 1.165) is 0 Å². The highest BCUT2D eigenvalue weighted by Crippen LogP contribution is 1.75. The lowest BCUT2D eigenvalue weighted by atomic mass is 10.4. The highest BCUT2D eigenvalue weighted by atomic mass is 16.5. The van der Waals surface area contributed by atoms with Crippen LogP contribution in [0.15, 0.2) is 0 Å². The van der Waals surface area contributed by atoms with Crippen LogP contribution in [-0.4, -0.2) is 43.4 Å². The number of aliphatic carboxylic acids is 1. The second kappa shape index (κ2) is 8.84. The molecule has 6 heteroatoms. The molecule has 15 heavy (non-hydrogen) atoms. The van der Waals surface area contributed by atoms with Crippen molar-refractivity contribution < 1.29 is 19.4 Å². The molecule has 0 aromatic rings. The number of urea groups is 1. The van der Waals surface area contributed by atoms with Crippen LogP contribution < -0.4 is 10.6 Å². The summed E-state index contributed by atoms with van der Waals surface area (Å²) >= 11 is 0. The standard InChI is InChI=1S/C9H14N2O4/c1-2-3-4-10-9(14)11-5-6-15-7-8(12)13/h1H,3-7H2,(H,12,13)(H2,10,11,14). The van der Waals surface area contributed by atoms with Crippen molar-refractivity contribution in [3.63, 3.8) is 0 Å². The monoisotopic (exact) mass is 214 g/mol. The quantitative estimate of drug-likeness (QED) is 0.390. The van der Waals surface area contributed by atoms with Gasteiger partial charge in [-0.25, -0.2) is 9.59 Å². The number of carbonyl (C=O) groups is 2. The van der Waals surface area contributed by atoms with E-state index in [4.69, 9.17) is 16.3 Å². The van der Waals surface area contributed by atoms with Gasteiger partial charge < -0.3 is 20.5 Å². The van der Waals surface area contributed by atoms with Crippen LogP contribution in [0.5, 0.6) is 0 Å². The van der Waals surface area contributed by atoms with Crippen LogP contribution in [0.1, 0.15) is 6.42 Å². The maximum absolute atomic E-state index is 11.0. The number of carboxylic acids is 1. The maximum Gasteiger partial charge on any atom is 0.329 e. The average molecular weight is 214 g/mol. The molecule has 0 unspecified atom stereocenters. The summed E-state index contributed by atoms with van der Waals surface area (Å²) in [6, 6.07) is -0.343. The van der Waals surface area contributed by atoms with Gasteiger partial charge in [0.05, 0.1) is 6.61 Å². The van der Waals surface area contributed by atoms with Gasteiger partial charge in [0.2, 0.25) is 0 Å². The third-order valence-corrected chi connectivity index (χ3v) is 1.31. The van der Waals surface area contributed by atoms with Gasteiger partial charge in [0.15, 0.2) is 0 Å². The number of hydrogen-bond donors (Lipinski definition) is 3. The Morgan fingerprint density at radius 3 is 2.60 bits per heavy atom. The van der Waals surface area contributed by atoms with E-state index in [1.807, 2.05) is 0 Å². The van der Waals surface area contributed by atoms with Crippen molar-refractivity contribution in [2.45, 2.75) is 6.42 Å². The Bertz CT molecular complexity index is 247. The second-order valence-corrected chi connectivity index (χ2v) is 2.58. The molecular formula is C9H14N2O4. The predicted molar refractivity (Wildman–Crippen MR) is 53.3 cm³/mol. The molecule has 0 saturated heterocycles. The predicted octanol–water partition coefficient (Wildman–Crippen LogP) is -0.590. The molecule has 0 aromatic carbocycles. The molecule has 3 N–H and O–H groups in total. The highest BCUT2D eigenvalue weighted by Gasteiger charge is 1.98. The lowest BCUT2D eigenvalue weighted by Crippen LogP contribution is -2.37. The smallest absolute Gasteiger partial charge is 0.329 e. The average Bonchev–Trinajstić information content (AvgIpc) is 2.17. The zero-order chi connectivity index (χ0) is 11.5. The van der Waals surface area contributed by atoms with Crippen molar-refractivity contribution in [2.24, 2.45) is 0 Å². The van der Waals surface area contributed by atoms with Gasteiger partial charge in [-0.05, 0) is 0 Å². The summed E-state index contributed by atoms with van der Waals surface area (Å²) in [6.45, 7) is 0.475. The minimum atomic E-state index is -1.03. The molecule has 0 spiro atoms. The molecule has 0 saturated carbocycles. The summed E-state index contributed by atoms with van der Waals surface area (Å²) in [5, 5.41) is 13.2. The Balaban J connectivity index is 3.24. The normalized spacial score (nSPS) is 9.00. The molecule has 0 aliphatic heterocycles. The summed E-state index contributed by atoms with van der Waals surface area (Å²) < 4.78 is 4.70. The number of ether oxygens (including phenoxy) is 1. The Morgan fingerprint density at radius 1 is 1.33 bits per heavy atom. The molecule has 0 radical (unpaired) electrons. The van der Waals surface area contributed by atoms with Gasteiger partial charge in [-0.3, -0.25) is 0 Å². The van der Waals surface area contributed by atoms with E-state index in [9.17, 15) is 9.59 Å². The fraction of sp³-hybridized carbons (Fsp3) is 0.556. The minimum Gasteiger partial charge on any atom is -0.480 e. The van der Waals surface area contributed by atoms with Crippen molar-refractivity contribution >= 4 is 12.0 Å². The van der Waals surface area contributed by atoms with Crippen LogP contribution in [0, 0.1) is 12.3 Å². The Morgan fingerprint density at radius 2 is 2.00 bits per heavy atom. The topological polar surface area (TPSA) is 87.7 Å². The van der Waals surface area contributed by atoms with E-state index in [0.29, 0.717) is 13.0 Å². The van der Waals surface area contributed by atoms with E-state index in [2.05, 4.69) is 16.6 Å². The lowest BCUT2D eigenvalue weighted by molar-refractivity contribution is -0.142. The zero-order valence-corrected chi connectivity index (χ0v) is 8.28. The fourth-order valence-electron chi connectivity index (χ4n) is 0.707. The minimum absolute atomic E-state index is 0.162. The van der Waals surface area contributed by atoms with Crippen LogP contribution in [0.4, 0.5) is 4.79 Å². The fourth-order valence-corrected chi connectivity index (χ4v) is 0.707. The van der Waals surface area contributed by atoms with E-state index in [1.54, 1.807) is 0 Å². The van der Waals surface area contributed by atoms with Crippen molar-refractivity contribution in [1.29, 1.82) is 0 Å². The first-order chi connectivity index (χ1) is 7.16. The summed E-state index contributed by atoms with van der Waals surface area (Å²) in [4.78, 5) is 21.0. The number of hydrogen-bond acceptors (Lipinski definition) is 3. The summed E-state index contributed by atoms with van der Waals surface area (Å²) in [7, 11) is 0. The molecule has 0 aromatic heterocycles. The first kappa shape index (κ1) is 13.3. The maximum atomic E-state index is 11.0. The largest absolute Gasteiger partial charge is 0.480 e. The molecule has 0 heterocycles. The van der Waals surface area contributed by atoms with Gasteiger partial charge in [0.25, 0.3) is 0 Å². The second-order valence-electron chi connectivity index (χ2n) is 2.58. The number of carboxylic acid groups (broad SMARTS) is 1. The van der Waals surface area contributed by atoms with Crippen LogP contribution in [0.3, 0.4) is 0 Å². The molecule has 6 nitrogen and oxygen atoms in total. The highest BCUT2D eigenvalue weighted by molar-refractivity contribution is 5.73. The van der Waals surface area contributed by atoms with Crippen molar-refractivity contribution in [2.75, 3.05) is 26.3 Å². The molecule has 0 aliphatic rings. The van der Waals surface area contributed by atoms with E-state index in [-0.39, 0.29) is 25.8 Å². The van der Waals surface area contributed by atoms with E-state index < -0.39 is 5.97 Å². The molecule has 0 bridgehead atoms. The molecular weight excluding hydrogens is 200 g/mol. The van der Waals surface area contributed by atoms with Crippen molar-refractivity contribution in [1.82, 2.24) is 10.6 Å². The molecule has 0 atom stereocenters. The zero-order valence-electron chi connectivity index (χ0n) is 8.28. The summed E-state index contributed by atoms with van der Waals surface area (Å²) in [5.41, 5.74) is 0. The molecule has 0 aliphatic carbocycles. The van der Waals surface area contributed by atoms with Crippen LogP contribution in [0.25, 0.3) is 0 Å². The number of terminal acetylenes is 1. The third kappa shape index (κ3) is 10.2. The number of amides is 2. The molecule has 0 rings (SSSR count). The number of carbonyl (C=O) groups excluding carboxylic acids is 1. The van der Waals surface area contributed by atoms with E-state index >= 15 is 0 Å². The number of rotatable bonds is 7. The van der Waals surface area contributed by atoms with Gasteiger partial charge in [0.1, 0.15) is 6.61 Å². The molecule has 0 fully saturated rings. The Labute approximate surface area is 88.0 Å². The Kier molecular flexibility index (Phi) is 7.82. The van der Waals surface area contributed by atoms with Crippen LogP contribution in [-0.2, 0) is 9.53 Å². The first-order valence-corrected chi connectivity index (χ1v) is 4.41. The summed E-state index contributed by atoms with van der Waals surface area (Å²) in [6.07, 6.45) is 5.46. The number of nitrogens with one attached hydrogen (secondary N) is 2. The third-order valence-electron chi connectivity index (χ3n) is 1.31. The molecule has 84 valence electrons. The first-order valence-electron chi connectivity index (χ1n) is 4.41. The molecule has 2 amide bonds. The van der Waals surface area contributed by atoms with Crippen molar-refractivity contribution in [3.8, 4) is 12.3 Å². The van der Waals surface area contributed by atoms with Gasteiger partial charge in [-0.1, -0.05) is 0 Å². The van der Waals surface area contributed by atoms with Crippen molar-refractivity contribution in [3.05, 3.63) is 0 Å².